The van der Waals surface area contributed by atoms with Crippen molar-refractivity contribution in [2.45, 2.75) is 17.9 Å². The Kier molecular flexibility index (Phi) is 5.43. The van der Waals surface area contributed by atoms with Crippen molar-refractivity contribution in [2.24, 2.45) is 0 Å². The number of nitrogens with one attached hydrogen (secondary N) is 1. The molecule has 0 radical (unpaired) electrons. The zero-order valence-corrected chi connectivity index (χ0v) is 17.4. The van der Waals surface area contributed by atoms with Crippen molar-refractivity contribution in [3.63, 3.8) is 0 Å². The van der Waals surface area contributed by atoms with Crippen LogP contribution in [-0.2, 0) is 14.8 Å². The summed E-state index contributed by atoms with van der Waals surface area (Å²) >= 11 is 0.952. The molecule has 1 fully saturated rings. The first-order valence-corrected chi connectivity index (χ1v) is 11.4. The topological polar surface area (TPSA) is 108 Å². The number of anilines is 1. The molecule has 0 spiro atoms. The Hall–Kier alpha value is -2.63. The average molecular weight is 433 g/mol. The van der Waals surface area contributed by atoms with E-state index in [1.807, 2.05) is 18.2 Å². The predicted molar refractivity (Wildman–Crippen MR) is 110 cm³/mol. The summed E-state index contributed by atoms with van der Waals surface area (Å²) in [4.78, 5) is 20.9. The molecule has 3 aromatic rings. The number of amides is 1. The molecule has 4 rings (SSSR count). The van der Waals surface area contributed by atoms with E-state index in [0.29, 0.717) is 37.2 Å². The number of pyridine rings is 1. The van der Waals surface area contributed by atoms with Gasteiger partial charge in [0, 0.05) is 32.4 Å². The minimum atomic E-state index is -3.91. The molecule has 0 bridgehead atoms. The Balaban J connectivity index is 1.41. The monoisotopic (exact) mass is 432 g/mol. The van der Waals surface area contributed by atoms with Crippen LogP contribution in [0.25, 0.3) is 11.0 Å². The smallest absolute Gasteiger partial charge is 0.243 e. The van der Waals surface area contributed by atoms with Gasteiger partial charge >= 0.3 is 0 Å². The summed E-state index contributed by atoms with van der Waals surface area (Å²) in [6.07, 6.45) is 1.74. The summed E-state index contributed by atoms with van der Waals surface area (Å²) in [6.45, 7) is 3.86. The summed E-state index contributed by atoms with van der Waals surface area (Å²) < 4.78 is 36.3. The molecule has 0 aliphatic carbocycles. The van der Waals surface area contributed by atoms with Crippen LogP contribution in [0.15, 0.2) is 47.5 Å². The fraction of sp³-hybridized carbons (Fsp3) is 0.333. The number of hydrogen-bond donors (Lipinski definition) is 1. The molecule has 29 heavy (non-hydrogen) atoms. The molecule has 1 N–H and O–H groups in total. The zero-order valence-electron chi connectivity index (χ0n) is 15.7. The summed E-state index contributed by atoms with van der Waals surface area (Å²) in [5, 5.41) is 0. The number of benzene rings is 1. The Morgan fingerprint density at radius 3 is 2.62 bits per heavy atom. The molecule has 1 amide bonds. The van der Waals surface area contributed by atoms with Crippen LogP contribution in [0.4, 0.5) is 5.82 Å². The van der Waals surface area contributed by atoms with E-state index in [0.717, 1.165) is 17.5 Å². The van der Waals surface area contributed by atoms with Crippen molar-refractivity contribution in [1.29, 1.82) is 0 Å². The first-order chi connectivity index (χ1) is 14.0. The van der Waals surface area contributed by atoms with Crippen molar-refractivity contribution < 1.29 is 13.2 Å². The molecule has 11 heteroatoms. The Morgan fingerprint density at radius 1 is 1.10 bits per heavy atom. The normalized spacial score (nSPS) is 16.2. The maximum Gasteiger partial charge on any atom is 0.243 e. The third-order valence-corrected chi connectivity index (χ3v) is 6.92. The van der Waals surface area contributed by atoms with Gasteiger partial charge in [-0.05, 0) is 31.2 Å². The summed E-state index contributed by atoms with van der Waals surface area (Å²) in [7, 11) is -3.91. The van der Waals surface area contributed by atoms with Crippen LogP contribution in [0.3, 0.4) is 0 Å². The van der Waals surface area contributed by atoms with Crippen molar-refractivity contribution in [2.75, 3.05) is 31.1 Å². The van der Waals surface area contributed by atoms with Gasteiger partial charge in [-0.25, -0.2) is 13.4 Å². The second-order valence-corrected chi connectivity index (χ2v) is 8.94. The third-order valence-electron chi connectivity index (χ3n) is 4.81. The van der Waals surface area contributed by atoms with Crippen LogP contribution in [0.1, 0.15) is 6.92 Å². The number of rotatable bonds is 5. The molecule has 9 nitrogen and oxygen atoms in total. The number of nitrogens with zero attached hydrogens (tertiary/aromatic N) is 5. The molecular formula is C18H20N6O3S2. The number of aromatic nitrogens is 3. The quantitative estimate of drug-likeness (QED) is 0.643. The highest BCUT2D eigenvalue weighted by atomic mass is 32.2. The Bertz CT molecular complexity index is 1110. The van der Waals surface area contributed by atoms with Crippen molar-refractivity contribution in [3.8, 4) is 0 Å². The van der Waals surface area contributed by atoms with Crippen LogP contribution in [0.5, 0.6) is 0 Å². The molecule has 152 valence electrons. The zero-order chi connectivity index (χ0) is 20.4. The van der Waals surface area contributed by atoms with E-state index in [4.69, 9.17) is 0 Å². The highest BCUT2D eigenvalue weighted by Gasteiger charge is 2.29. The minimum Gasteiger partial charge on any atom is -0.353 e. The van der Waals surface area contributed by atoms with Crippen LogP contribution in [0, 0.1) is 0 Å². The van der Waals surface area contributed by atoms with E-state index < -0.39 is 16.1 Å². The molecule has 1 atom stereocenters. The molecule has 0 saturated carbocycles. The first kappa shape index (κ1) is 19.7. The molecule has 2 aromatic heterocycles. The largest absolute Gasteiger partial charge is 0.353 e. The summed E-state index contributed by atoms with van der Waals surface area (Å²) in [5.41, 5.74) is 0.830. The van der Waals surface area contributed by atoms with Crippen molar-refractivity contribution >= 4 is 44.5 Å². The lowest BCUT2D eigenvalue weighted by Gasteiger charge is -2.36. The van der Waals surface area contributed by atoms with E-state index >= 15 is 0 Å². The second-order valence-electron chi connectivity index (χ2n) is 6.73. The van der Waals surface area contributed by atoms with Gasteiger partial charge in [-0.1, -0.05) is 12.1 Å². The standard InChI is InChI=1S/C18H20N6O3S2/c1-13(22-29(26,27)15-6-4-5-14-17(15)21-28-20-14)18(25)24-11-9-23(10-12-24)16-7-2-3-8-19-16/h2-8,13,22H,9-12H2,1H3. The molecule has 1 aliphatic rings. The van der Waals surface area contributed by atoms with Crippen LogP contribution >= 0.6 is 11.7 Å². The molecule has 1 saturated heterocycles. The van der Waals surface area contributed by atoms with Gasteiger partial charge in [0.15, 0.2) is 0 Å². The molecular weight excluding hydrogens is 412 g/mol. The van der Waals surface area contributed by atoms with Crippen LogP contribution in [0.2, 0.25) is 0 Å². The van der Waals surface area contributed by atoms with Crippen LogP contribution in [-0.4, -0.2) is 65.2 Å². The molecule has 1 aromatic carbocycles. The van der Waals surface area contributed by atoms with E-state index in [1.54, 1.807) is 30.2 Å². The van der Waals surface area contributed by atoms with E-state index in [1.165, 1.54) is 6.07 Å². The number of fused-ring (bicyclic) bond motifs is 1. The average Bonchev–Trinajstić information content (AvgIpc) is 3.22. The Morgan fingerprint density at radius 2 is 1.90 bits per heavy atom. The number of hydrogen-bond acceptors (Lipinski definition) is 8. The number of piperazine rings is 1. The van der Waals surface area contributed by atoms with Gasteiger partial charge in [-0.15, -0.1) is 0 Å². The van der Waals surface area contributed by atoms with Gasteiger partial charge in [-0.2, -0.15) is 13.5 Å². The van der Waals surface area contributed by atoms with E-state index in [2.05, 4.69) is 23.4 Å². The predicted octanol–water partition coefficient (Wildman–Crippen LogP) is 1.10. The number of sulfonamides is 1. The Labute approximate surface area is 172 Å². The number of carbonyl (C=O) groups is 1. The third kappa shape index (κ3) is 4.07. The van der Waals surface area contributed by atoms with Crippen LogP contribution < -0.4 is 9.62 Å². The van der Waals surface area contributed by atoms with Gasteiger partial charge in [0.05, 0.1) is 17.8 Å². The van der Waals surface area contributed by atoms with Gasteiger partial charge < -0.3 is 9.80 Å². The van der Waals surface area contributed by atoms with E-state index in [9.17, 15) is 13.2 Å². The van der Waals surface area contributed by atoms with Gasteiger partial charge in [0.25, 0.3) is 0 Å². The molecule has 1 aliphatic heterocycles. The molecule has 1 unspecified atom stereocenters. The first-order valence-electron chi connectivity index (χ1n) is 9.14. The van der Waals surface area contributed by atoms with Crippen molar-refractivity contribution in [3.05, 3.63) is 42.6 Å². The lowest BCUT2D eigenvalue weighted by molar-refractivity contribution is -0.132. The summed E-state index contributed by atoms with van der Waals surface area (Å²) in [5.74, 6) is 0.621. The SMILES string of the molecule is CC(NS(=O)(=O)c1cccc2nsnc12)C(=O)N1CCN(c2ccccn2)CC1. The molecule has 3 heterocycles. The van der Waals surface area contributed by atoms with Gasteiger partial charge in [0.1, 0.15) is 21.7 Å². The highest BCUT2D eigenvalue weighted by Crippen LogP contribution is 2.21. The fourth-order valence-electron chi connectivity index (χ4n) is 3.32. The summed E-state index contributed by atoms with van der Waals surface area (Å²) in [6, 6.07) is 9.61. The highest BCUT2D eigenvalue weighted by molar-refractivity contribution is 7.89. The fourth-order valence-corrected chi connectivity index (χ4v) is 5.28. The lowest BCUT2D eigenvalue weighted by Crippen LogP contribution is -2.54. The minimum absolute atomic E-state index is 0.0309. The second kappa shape index (κ2) is 8.01. The maximum absolute atomic E-state index is 12.8. The maximum atomic E-state index is 12.8. The lowest BCUT2D eigenvalue weighted by atomic mass is 10.2. The van der Waals surface area contributed by atoms with Crippen molar-refractivity contribution in [1.82, 2.24) is 23.4 Å². The number of carbonyl (C=O) groups excluding carboxylic acids is 1. The van der Waals surface area contributed by atoms with Gasteiger partial charge in [0.2, 0.25) is 15.9 Å². The van der Waals surface area contributed by atoms with Gasteiger partial charge in [-0.3, -0.25) is 4.79 Å². The van der Waals surface area contributed by atoms with E-state index in [-0.39, 0.29) is 10.8 Å².